The first-order valence-electron chi connectivity index (χ1n) is 8.26. The Balaban J connectivity index is 1.71. The number of pyridine rings is 1. The van der Waals surface area contributed by atoms with Gasteiger partial charge in [0.15, 0.2) is 0 Å². The highest BCUT2D eigenvalue weighted by atomic mass is 35.5. The van der Waals surface area contributed by atoms with Crippen molar-refractivity contribution in [1.29, 1.82) is 0 Å². The zero-order valence-corrected chi connectivity index (χ0v) is 15.5. The van der Waals surface area contributed by atoms with Crippen molar-refractivity contribution in [2.75, 3.05) is 0 Å². The number of aromatic nitrogens is 1. The quantitative estimate of drug-likeness (QED) is 0.385. The van der Waals surface area contributed by atoms with E-state index in [0.29, 0.717) is 11.6 Å². The van der Waals surface area contributed by atoms with Gasteiger partial charge in [-0.05, 0) is 41.3 Å². The van der Waals surface area contributed by atoms with E-state index in [1.807, 2.05) is 48.7 Å². The molecule has 2 aromatic heterocycles. The third-order valence-electron chi connectivity index (χ3n) is 4.06. The summed E-state index contributed by atoms with van der Waals surface area (Å²) < 4.78 is 6.12. The molecular formula is C22H16ClNOS. The zero-order valence-electron chi connectivity index (χ0n) is 13.9. The maximum absolute atomic E-state index is 6.28. The number of benzene rings is 2. The molecule has 0 aliphatic carbocycles. The molecule has 0 spiro atoms. The lowest BCUT2D eigenvalue weighted by molar-refractivity contribution is 0.307. The van der Waals surface area contributed by atoms with Crippen molar-refractivity contribution in [2.45, 2.75) is 6.61 Å². The molecule has 0 unspecified atom stereocenters. The Morgan fingerprint density at radius 3 is 2.62 bits per heavy atom. The van der Waals surface area contributed by atoms with Crippen molar-refractivity contribution in [3.8, 4) is 27.3 Å². The Bertz CT molecular complexity index is 999. The molecule has 2 heterocycles. The molecule has 4 rings (SSSR count). The highest BCUT2D eigenvalue weighted by molar-refractivity contribution is 7.14. The van der Waals surface area contributed by atoms with E-state index in [-0.39, 0.29) is 0 Å². The Labute approximate surface area is 161 Å². The van der Waals surface area contributed by atoms with Gasteiger partial charge in [0, 0.05) is 39.0 Å². The molecule has 0 fully saturated rings. The standard InChI is InChI=1S/C22H16ClNOS/c23-18-8-9-21(25-15-16-5-2-1-3-6-16)20(13-18)19-10-12-26-22(19)17-7-4-11-24-14-17/h1-14H,15H2. The lowest BCUT2D eigenvalue weighted by atomic mass is 10.0. The van der Waals surface area contributed by atoms with Gasteiger partial charge in [-0.3, -0.25) is 4.98 Å². The van der Waals surface area contributed by atoms with Crippen LogP contribution >= 0.6 is 22.9 Å². The van der Waals surface area contributed by atoms with Crippen LogP contribution in [0.3, 0.4) is 0 Å². The van der Waals surface area contributed by atoms with E-state index in [0.717, 1.165) is 32.9 Å². The van der Waals surface area contributed by atoms with E-state index in [1.165, 1.54) is 0 Å². The first-order chi connectivity index (χ1) is 12.8. The first-order valence-corrected chi connectivity index (χ1v) is 9.51. The highest BCUT2D eigenvalue weighted by Gasteiger charge is 2.14. The third-order valence-corrected chi connectivity index (χ3v) is 5.26. The van der Waals surface area contributed by atoms with Crippen molar-refractivity contribution >= 4 is 22.9 Å². The normalized spacial score (nSPS) is 10.7. The number of thiophene rings is 1. The van der Waals surface area contributed by atoms with E-state index in [4.69, 9.17) is 16.3 Å². The van der Waals surface area contributed by atoms with Crippen molar-refractivity contribution in [3.63, 3.8) is 0 Å². The van der Waals surface area contributed by atoms with E-state index in [2.05, 4.69) is 34.6 Å². The second-order valence-corrected chi connectivity index (χ2v) is 7.17. The maximum Gasteiger partial charge on any atom is 0.127 e. The number of hydrogen-bond donors (Lipinski definition) is 0. The Morgan fingerprint density at radius 1 is 0.923 bits per heavy atom. The summed E-state index contributed by atoms with van der Waals surface area (Å²) in [6, 6.07) is 22.0. The van der Waals surface area contributed by atoms with Crippen molar-refractivity contribution < 1.29 is 4.74 Å². The van der Waals surface area contributed by atoms with Crippen LogP contribution < -0.4 is 4.74 Å². The van der Waals surface area contributed by atoms with Crippen LogP contribution in [0.25, 0.3) is 21.6 Å². The maximum atomic E-state index is 6.28. The number of nitrogens with zero attached hydrogens (tertiary/aromatic N) is 1. The number of hydrogen-bond acceptors (Lipinski definition) is 3. The van der Waals surface area contributed by atoms with Gasteiger partial charge in [-0.2, -0.15) is 0 Å². The fraction of sp³-hybridized carbons (Fsp3) is 0.0455. The second-order valence-electron chi connectivity index (χ2n) is 5.82. The van der Waals surface area contributed by atoms with Gasteiger partial charge in [-0.1, -0.05) is 48.0 Å². The third kappa shape index (κ3) is 3.64. The van der Waals surface area contributed by atoms with Crippen LogP contribution in [-0.2, 0) is 6.61 Å². The number of rotatable bonds is 5. The summed E-state index contributed by atoms with van der Waals surface area (Å²) in [6.07, 6.45) is 3.66. The van der Waals surface area contributed by atoms with Crippen LogP contribution in [0.4, 0.5) is 0 Å². The van der Waals surface area contributed by atoms with Crippen LogP contribution in [0, 0.1) is 0 Å². The van der Waals surface area contributed by atoms with Crippen LogP contribution in [0.5, 0.6) is 5.75 Å². The topological polar surface area (TPSA) is 22.1 Å². The van der Waals surface area contributed by atoms with Gasteiger partial charge in [-0.15, -0.1) is 11.3 Å². The van der Waals surface area contributed by atoms with Crippen molar-refractivity contribution in [2.24, 2.45) is 0 Å². The molecule has 0 amide bonds. The Morgan fingerprint density at radius 2 is 1.81 bits per heavy atom. The minimum atomic E-state index is 0.516. The molecule has 128 valence electrons. The monoisotopic (exact) mass is 377 g/mol. The van der Waals surface area contributed by atoms with Gasteiger partial charge >= 0.3 is 0 Å². The molecule has 0 aliphatic heterocycles. The summed E-state index contributed by atoms with van der Waals surface area (Å²) in [6.45, 7) is 0.516. The predicted octanol–water partition coefficient (Wildman–Crippen LogP) is 6.71. The fourth-order valence-corrected chi connectivity index (χ4v) is 3.89. The molecule has 0 saturated carbocycles. The van der Waals surface area contributed by atoms with Crippen molar-refractivity contribution in [1.82, 2.24) is 4.98 Å². The lowest BCUT2D eigenvalue weighted by Gasteiger charge is -2.13. The average Bonchev–Trinajstić information content (AvgIpc) is 3.18. The molecule has 0 N–H and O–H groups in total. The first kappa shape index (κ1) is 16.8. The molecule has 0 saturated heterocycles. The molecule has 2 nitrogen and oxygen atoms in total. The molecule has 0 bridgehead atoms. The van der Waals surface area contributed by atoms with E-state index in [9.17, 15) is 0 Å². The van der Waals surface area contributed by atoms with Gasteiger partial charge in [0.1, 0.15) is 12.4 Å². The molecule has 0 atom stereocenters. The molecule has 2 aromatic carbocycles. The van der Waals surface area contributed by atoms with Crippen LogP contribution in [-0.4, -0.2) is 4.98 Å². The van der Waals surface area contributed by atoms with E-state index >= 15 is 0 Å². The SMILES string of the molecule is Clc1ccc(OCc2ccccc2)c(-c2ccsc2-c2cccnc2)c1. The minimum Gasteiger partial charge on any atom is -0.488 e. The summed E-state index contributed by atoms with van der Waals surface area (Å²) in [4.78, 5) is 5.40. The van der Waals surface area contributed by atoms with E-state index < -0.39 is 0 Å². The summed E-state index contributed by atoms with van der Waals surface area (Å²) in [5, 5.41) is 2.77. The highest BCUT2D eigenvalue weighted by Crippen LogP contribution is 2.41. The summed E-state index contributed by atoms with van der Waals surface area (Å²) in [5.41, 5.74) is 4.32. The molecule has 4 heteroatoms. The van der Waals surface area contributed by atoms with Gasteiger partial charge in [0.25, 0.3) is 0 Å². The fourth-order valence-electron chi connectivity index (χ4n) is 2.82. The average molecular weight is 378 g/mol. The van der Waals surface area contributed by atoms with Gasteiger partial charge in [0.05, 0.1) is 0 Å². The molecule has 4 aromatic rings. The van der Waals surface area contributed by atoms with Crippen LogP contribution in [0.15, 0.2) is 84.5 Å². The van der Waals surface area contributed by atoms with Crippen LogP contribution in [0.1, 0.15) is 5.56 Å². The van der Waals surface area contributed by atoms with Gasteiger partial charge in [0.2, 0.25) is 0 Å². The molecular weight excluding hydrogens is 362 g/mol. The summed E-state index contributed by atoms with van der Waals surface area (Å²) >= 11 is 7.97. The number of ether oxygens (including phenoxy) is 1. The van der Waals surface area contributed by atoms with Gasteiger partial charge in [-0.25, -0.2) is 0 Å². The Kier molecular flexibility index (Phi) is 5.00. The second kappa shape index (κ2) is 7.73. The minimum absolute atomic E-state index is 0.516. The lowest BCUT2D eigenvalue weighted by Crippen LogP contribution is -1.97. The van der Waals surface area contributed by atoms with Gasteiger partial charge < -0.3 is 4.74 Å². The predicted molar refractivity (Wildman–Crippen MR) is 109 cm³/mol. The number of halogens is 1. The summed E-state index contributed by atoms with van der Waals surface area (Å²) in [5.74, 6) is 0.821. The molecule has 26 heavy (non-hydrogen) atoms. The van der Waals surface area contributed by atoms with Crippen LogP contribution in [0.2, 0.25) is 5.02 Å². The van der Waals surface area contributed by atoms with E-state index in [1.54, 1.807) is 17.5 Å². The zero-order chi connectivity index (χ0) is 17.8. The molecule has 0 radical (unpaired) electrons. The smallest absolute Gasteiger partial charge is 0.127 e. The Hall–Kier alpha value is -2.62. The summed E-state index contributed by atoms with van der Waals surface area (Å²) in [7, 11) is 0. The van der Waals surface area contributed by atoms with Crippen molar-refractivity contribution in [3.05, 3.63) is 95.1 Å². The molecule has 0 aliphatic rings. The largest absolute Gasteiger partial charge is 0.488 e.